The maximum Gasteiger partial charge on any atom is 0.252 e. The van der Waals surface area contributed by atoms with E-state index >= 15 is 0 Å². The van der Waals surface area contributed by atoms with Crippen LogP contribution in [-0.2, 0) is 4.74 Å². The van der Waals surface area contributed by atoms with Crippen molar-refractivity contribution in [3.05, 3.63) is 33.3 Å². The number of halogens is 2. The fourth-order valence-corrected chi connectivity index (χ4v) is 1.79. The highest BCUT2D eigenvalue weighted by Gasteiger charge is 2.10. The van der Waals surface area contributed by atoms with Crippen molar-refractivity contribution in [2.45, 2.75) is 20.0 Å². The summed E-state index contributed by atoms with van der Waals surface area (Å²) in [4.78, 5) is 11.8. The van der Waals surface area contributed by atoms with E-state index < -0.39 is 0 Å². The molecule has 0 heterocycles. The highest BCUT2D eigenvalue weighted by molar-refractivity contribution is 9.10. The summed E-state index contributed by atoms with van der Waals surface area (Å²) < 4.78 is 6.15. The largest absolute Gasteiger partial charge is 0.377 e. The second-order valence-electron chi connectivity index (χ2n) is 3.80. The summed E-state index contributed by atoms with van der Waals surface area (Å²) in [5.41, 5.74) is 0.464. The number of rotatable bonds is 5. The maximum absolute atomic E-state index is 11.8. The molecule has 1 aromatic carbocycles. The van der Waals surface area contributed by atoms with Gasteiger partial charge in [0.25, 0.3) is 5.91 Å². The van der Waals surface area contributed by atoms with Gasteiger partial charge in [-0.2, -0.15) is 0 Å². The van der Waals surface area contributed by atoms with Crippen LogP contribution in [0.2, 0.25) is 5.02 Å². The molecule has 0 unspecified atom stereocenters. The third-order valence-corrected chi connectivity index (χ3v) is 2.83. The molecule has 0 saturated carbocycles. The SMILES string of the molecule is CC(C)OCCNC(=O)c1cc(Br)ccc1Cl. The maximum atomic E-state index is 11.8. The van der Waals surface area contributed by atoms with Crippen molar-refractivity contribution >= 4 is 33.4 Å². The van der Waals surface area contributed by atoms with Crippen molar-refractivity contribution in [2.75, 3.05) is 13.2 Å². The average molecular weight is 321 g/mol. The summed E-state index contributed by atoms with van der Waals surface area (Å²) in [6, 6.07) is 5.17. The minimum Gasteiger partial charge on any atom is -0.377 e. The van der Waals surface area contributed by atoms with Crippen LogP contribution in [0, 0.1) is 0 Å². The van der Waals surface area contributed by atoms with E-state index in [9.17, 15) is 4.79 Å². The van der Waals surface area contributed by atoms with Crippen LogP contribution in [0.15, 0.2) is 22.7 Å². The molecule has 0 bridgehead atoms. The van der Waals surface area contributed by atoms with E-state index in [1.165, 1.54) is 0 Å². The van der Waals surface area contributed by atoms with Crippen LogP contribution in [0.4, 0.5) is 0 Å². The molecule has 0 atom stereocenters. The van der Waals surface area contributed by atoms with Gasteiger partial charge in [-0.25, -0.2) is 0 Å². The van der Waals surface area contributed by atoms with E-state index in [1.807, 2.05) is 13.8 Å². The predicted molar refractivity (Wildman–Crippen MR) is 72.6 cm³/mol. The third-order valence-electron chi connectivity index (χ3n) is 2.01. The van der Waals surface area contributed by atoms with Crippen LogP contribution in [0.5, 0.6) is 0 Å². The number of ether oxygens (including phenoxy) is 1. The van der Waals surface area contributed by atoms with Crippen LogP contribution in [0.3, 0.4) is 0 Å². The normalized spacial score (nSPS) is 10.6. The zero-order valence-corrected chi connectivity index (χ0v) is 12.1. The van der Waals surface area contributed by atoms with Crippen LogP contribution in [-0.4, -0.2) is 25.2 Å². The van der Waals surface area contributed by atoms with Gasteiger partial charge in [0.05, 0.1) is 23.3 Å². The molecule has 1 rings (SSSR count). The first-order chi connectivity index (χ1) is 8.00. The molecule has 0 aliphatic carbocycles. The zero-order chi connectivity index (χ0) is 12.8. The Morgan fingerprint density at radius 3 is 2.88 bits per heavy atom. The number of hydrogen-bond acceptors (Lipinski definition) is 2. The molecule has 0 aliphatic heterocycles. The van der Waals surface area contributed by atoms with E-state index in [1.54, 1.807) is 18.2 Å². The van der Waals surface area contributed by atoms with E-state index in [0.29, 0.717) is 23.7 Å². The van der Waals surface area contributed by atoms with Crippen LogP contribution < -0.4 is 5.32 Å². The van der Waals surface area contributed by atoms with Crippen molar-refractivity contribution in [1.82, 2.24) is 5.32 Å². The Bertz CT molecular complexity index is 396. The van der Waals surface area contributed by atoms with Crippen LogP contribution in [0.25, 0.3) is 0 Å². The molecule has 1 aromatic rings. The van der Waals surface area contributed by atoms with Crippen molar-refractivity contribution in [3.8, 4) is 0 Å². The molecule has 0 radical (unpaired) electrons. The van der Waals surface area contributed by atoms with Crippen molar-refractivity contribution in [2.24, 2.45) is 0 Å². The highest BCUT2D eigenvalue weighted by atomic mass is 79.9. The van der Waals surface area contributed by atoms with Gasteiger partial charge in [0.1, 0.15) is 0 Å². The van der Waals surface area contributed by atoms with Crippen molar-refractivity contribution in [3.63, 3.8) is 0 Å². The van der Waals surface area contributed by atoms with Crippen LogP contribution in [0.1, 0.15) is 24.2 Å². The molecular formula is C12H15BrClNO2. The molecule has 3 nitrogen and oxygen atoms in total. The first-order valence-electron chi connectivity index (χ1n) is 5.35. The molecule has 1 amide bonds. The lowest BCUT2D eigenvalue weighted by molar-refractivity contribution is 0.0746. The van der Waals surface area contributed by atoms with Crippen LogP contribution >= 0.6 is 27.5 Å². The van der Waals surface area contributed by atoms with E-state index in [-0.39, 0.29) is 12.0 Å². The van der Waals surface area contributed by atoms with Gasteiger partial charge in [0, 0.05) is 11.0 Å². The fraction of sp³-hybridized carbons (Fsp3) is 0.417. The Labute approximate surface area is 115 Å². The van der Waals surface area contributed by atoms with Gasteiger partial charge in [0.15, 0.2) is 0 Å². The Balaban J connectivity index is 2.49. The number of carbonyl (C=O) groups excluding carboxylic acids is 1. The summed E-state index contributed by atoms with van der Waals surface area (Å²) in [5, 5.41) is 3.19. The van der Waals surface area contributed by atoms with Gasteiger partial charge in [-0.3, -0.25) is 4.79 Å². The summed E-state index contributed by atoms with van der Waals surface area (Å²) >= 11 is 9.24. The zero-order valence-electron chi connectivity index (χ0n) is 9.80. The van der Waals surface area contributed by atoms with E-state index in [4.69, 9.17) is 16.3 Å². The smallest absolute Gasteiger partial charge is 0.252 e. The third kappa shape index (κ3) is 5.06. The standard InChI is InChI=1S/C12H15BrClNO2/c1-8(2)17-6-5-15-12(16)10-7-9(13)3-4-11(10)14/h3-4,7-8H,5-6H2,1-2H3,(H,15,16). The molecule has 0 aliphatic rings. The topological polar surface area (TPSA) is 38.3 Å². The first-order valence-corrected chi connectivity index (χ1v) is 6.52. The summed E-state index contributed by atoms with van der Waals surface area (Å²) in [5.74, 6) is -0.191. The lowest BCUT2D eigenvalue weighted by atomic mass is 10.2. The Morgan fingerprint density at radius 1 is 1.53 bits per heavy atom. The lowest BCUT2D eigenvalue weighted by Gasteiger charge is -2.09. The highest BCUT2D eigenvalue weighted by Crippen LogP contribution is 2.20. The van der Waals surface area contributed by atoms with Crippen molar-refractivity contribution < 1.29 is 9.53 Å². The minimum atomic E-state index is -0.191. The molecule has 0 fully saturated rings. The fourth-order valence-electron chi connectivity index (χ4n) is 1.23. The number of carbonyl (C=O) groups is 1. The van der Waals surface area contributed by atoms with Gasteiger partial charge in [-0.15, -0.1) is 0 Å². The molecule has 0 spiro atoms. The van der Waals surface area contributed by atoms with Gasteiger partial charge < -0.3 is 10.1 Å². The van der Waals surface area contributed by atoms with Gasteiger partial charge in [-0.1, -0.05) is 27.5 Å². The molecule has 17 heavy (non-hydrogen) atoms. The lowest BCUT2D eigenvalue weighted by Crippen LogP contribution is -2.28. The number of benzene rings is 1. The second kappa shape index (κ2) is 6.99. The summed E-state index contributed by atoms with van der Waals surface area (Å²) in [7, 11) is 0. The first kappa shape index (κ1) is 14.5. The molecule has 0 saturated heterocycles. The van der Waals surface area contributed by atoms with Gasteiger partial charge >= 0.3 is 0 Å². The van der Waals surface area contributed by atoms with E-state index in [0.717, 1.165) is 4.47 Å². The molecule has 1 N–H and O–H groups in total. The van der Waals surface area contributed by atoms with E-state index in [2.05, 4.69) is 21.2 Å². The minimum absolute atomic E-state index is 0.168. The second-order valence-corrected chi connectivity index (χ2v) is 5.12. The Morgan fingerprint density at radius 2 is 2.24 bits per heavy atom. The number of nitrogens with one attached hydrogen (secondary N) is 1. The van der Waals surface area contributed by atoms with Crippen molar-refractivity contribution in [1.29, 1.82) is 0 Å². The molecular weight excluding hydrogens is 305 g/mol. The number of amides is 1. The predicted octanol–water partition coefficient (Wildman–Crippen LogP) is 3.26. The average Bonchev–Trinajstić information content (AvgIpc) is 2.27. The molecule has 94 valence electrons. The Kier molecular flexibility index (Phi) is 5.95. The monoisotopic (exact) mass is 319 g/mol. The van der Waals surface area contributed by atoms with Gasteiger partial charge in [0.2, 0.25) is 0 Å². The number of hydrogen-bond donors (Lipinski definition) is 1. The summed E-state index contributed by atoms with van der Waals surface area (Å²) in [6.45, 7) is 4.87. The quantitative estimate of drug-likeness (QED) is 0.846. The van der Waals surface area contributed by atoms with Gasteiger partial charge in [-0.05, 0) is 32.0 Å². The Hall–Kier alpha value is -0.580. The molecule has 5 heteroatoms. The molecule has 0 aromatic heterocycles. The summed E-state index contributed by atoms with van der Waals surface area (Å²) in [6.07, 6.45) is 0.168.